The van der Waals surface area contributed by atoms with E-state index in [0.717, 1.165) is 88.5 Å². The third-order valence-electron chi connectivity index (χ3n) is 20.2. The molecule has 756 valence electrons. The van der Waals surface area contributed by atoms with Crippen LogP contribution in [-0.2, 0) is 96.0 Å². The maximum Gasteiger partial charge on any atom is 1.00 e. The van der Waals surface area contributed by atoms with Crippen LogP contribution >= 0.6 is 144 Å². The molecule has 3 aromatic rings. The van der Waals surface area contributed by atoms with Crippen LogP contribution in [0, 0.1) is 0 Å². The number of hydrogen-bond acceptors (Lipinski definition) is 36. The van der Waals surface area contributed by atoms with Gasteiger partial charge in [-0.15, -0.1) is 119 Å². The third-order valence-corrected chi connectivity index (χ3v) is 34.2. The van der Waals surface area contributed by atoms with Gasteiger partial charge in [0.1, 0.15) is 67.3 Å². The number of β-amino-alcohol motifs (C(OH)–C–C–N with tert-alkyl or cyclic N) is 2. The Labute approximate surface area is 859 Å². The Morgan fingerprint density at radius 1 is 0.418 bits per heavy atom. The van der Waals surface area contributed by atoms with E-state index in [0.29, 0.717) is 38.9 Å². The molecule has 4 spiro atoms. The number of aliphatic hydroxyl groups excluding tert-OH is 3. The van der Waals surface area contributed by atoms with Crippen LogP contribution in [0.3, 0.4) is 0 Å². The zero-order chi connectivity index (χ0) is 96.3. The fourth-order valence-corrected chi connectivity index (χ4v) is 28.1. The molecule has 10 aliphatic heterocycles. The van der Waals surface area contributed by atoms with Crippen molar-refractivity contribution in [3.05, 3.63) is 108 Å². The van der Waals surface area contributed by atoms with Crippen molar-refractivity contribution in [2.75, 3.05) is 139 Å². The van der Waals surface area contributed by atoms with Gasteiger partial charge < -0.3 is 78.6 Å². The number of hydrogen-bond donors (Lipinski definition) is 7. The van der Waals surface area contributed by atoms with Gasteiger partial charge >= 0.3 is 85.1 Å². The number of carbonyl (C=O) groups excluding carboxylic acids is 10. The fourth-order valence-electron chi connectivity index (χ4n) is 14.2. The molecule has 0 saturated carbocycles. The normalized spacial score (nSPS) is 22.0. The maximum absolute atomic E-state index is 12.6. The van der Waals surface area contributed by atoms with Crippen molar-refractivity contribution in [1.82, 2.24) is 29.8 Å². The minimum absolute atomic E-state index is 0. The van der Waals surface area contributed by atoms with E-state index in [1.54, 1.807) is 61.0 Å². The molecule has 134 heavy (non-hydrogen) atoms. The summed E-state index contributed by atoms with van der Waals surface area (Å²) in [5.74, 6) is 7.83. The molecule has 13 rings (SSSR count). The van der Waals surface area contributed by atoms with Crippen LogP contribution in [0.4, 0.5) is 24.0 Å². The molecule has 0 aromatic heterocycles. The van der Waals surface area contributed by atoms with Crippen LogP contribution in [0.2, 0.25) is 0 Å². The molecule has 10 heterocycles. The largest absolute Gasteiger partial charge is 1.00 e. The number of carboxylic acids is 1. The van der Waals surface area contributed by atoms with Crippen molar-refractivity contribution in [3.8, 4) is 0 Å². The van der Waals surface area contributed by atoms with Crippen LogP contribution in [0.5, 0.6) is 0 Å². The molecule has 10 fully saturated rings. The van der Waals surface area contributed by atoms with E-state index in [9.17, 15) is 68.1 Å². The summed E-state index contributed by atoms with van der Waals surface area (Å²) < 4.78 is 50.2. The maximum atomic E-state index is 12.6. The summed E-state index contributed by atoms with van der Waals surface area (Å²) >= 11 is 22.9. The van der Waals surface area contributed by atoms with Crippen LogP contribution in [0.1, 0.15) is 156 Å². The molecule has 8 atom stereocenters. The Kier molecular flexibility index (Phi) is 62.1. The molecular weight excluding hydrogens is 1970 g/mol. The second kappa shape index (κ2) is 65.4. The Morgan fingerprint density at radius 2 is 0.679 bits per heavy atom. The third kappa shape index (κ3) is 43.0. The van der Waals surface area contributed by atoms with Crippen molar-refractivity contribution in [2.45, 2.75) is 235 Å². The van der Waals surface area contributed by atoms with Gasteiger partial charge in [0, 0.05) is 64.9 Å². The quantitative estimate of drug-likeness (QED) is 0.0341. The first kappa shape index (κ1) is 127. The first-order chi connectivity index (χ1) is 61.8. The van der Waals surface area contributed by atoms with Crippen molar-refractivity contribution >= 4 is 210 Å². The number of esters is 5. The molecule has 32 nitrogen and oxygen atoms in total. The number of benzene rings is 3. The number of nitrogens with one attached hydrogen (secondary N) is 1. The van der Waals surface area contributed by atoms with Crippen molar-refractivity contribution in [1.29, 1.82) is 0 Å². The molecule has 10 saturated heterocycles. The number of thioether (sulfide) groups is 8. The first-order valence-corrected chi connectivity index (χ1v) is 52.6. The number of carboxylic acid groups (broad SMARTS) is 1. The van der Waals surface area contributed by atoms with Crippen LogP contribution in [0.15, 0.2) is 91.0 Å². The molecule has 0 radical (unpaired) electrons. The summed E-state index contributed by atoms with van der Waals surface area (Å²) in [7, 11) is 6.68. The number of rotatable bonds is 14. The van der Waals surface area contributed by atoms with Crippen molar-refractivity contribution in [3.63, 3.8) is 0 Å². The number of methoxy groups -OCH3 is 5. The smallest absolute Gasteiger partial charge is 0.870 e. The van der Waals surface area contributed by atoms with E-state index in [1.165, 1.54) is 87.4 Å². The number of thiol groups is 2. The number of nitrogens with zero attached hydrogens (tertiary/aromatic N) is 5. The van der Waals surface area contributed by atoms with Crippen LogP contribution < -0.4 is 24.2 Å². The van der Waals surface area contributed by atoms with Gasteiger partial charge in [-0.3, -0.25) is 29.3 Å². The zero-order valence-corrected chi connectivity index (χ0v) is 89.4. The SMILES string of the molecule is CC(C)(C)OC(=O)N1CC2(C[C@H]1C(=O)O)SCCCS2.CCC.CCO.COC(=O)[C@@H]1CC2(CN1)SCCCS2.COC(=O)[C@@H]1CC2(CN1C(=O)OC(C)(C)C)SCCCS2.COC(=O)[C@@H]1CC2(CN1C(=O)OCc1ccccc1)SCCCS2.COC(=O)[C@@H]1C[C@@H](O)CN1C(=O)OCc1ccccc1.COC(=O)[C@@H]1C[C@H](O)CN1C(=O)OCc1ccccc1.Cl.Cl.SCCCS.[Li+].[OH-]. The number of carbonyl (C=O) groups is 11. The Hall–Kier alpha value is -4.69. The number of aliphatic carboxylic acids is 1. The molecule has 3 aromatic carbocycles. The van der Waals surface area contributed by atoms with Crippen molar-refractivity contribution in [2.24, 2.45) is 0 Å². The number of aliphatic hydroxyl groups is 3. The van der Waals surface area contributed by atoms with E-state index in [4.69, 9.17) is 43.0 Å². The van der Waals surface area contributed by atoms with Gasteiger partial charge in [-0.05, 0) is 161 Å². The standard InChI is InChI=1S/C17H21NO4S2.2C14H17NO5.C14H23NO4S2.C13H21NO4S2.C9H15NO2S2.C3H8S2.C3H8.C2H6O.2ClH.Li.H2O/c1-21-15(19)14-10-17(23-8-5-9-24-17)12-18(14)16(20)22-11-13-6-3-2-4-7-13;2*1-19-13(17)12-7-11(16)8-15(12)14(18)20-9-10-5-3-2-4-6-10;1-13(2,3)19-12(17)15-9-14(20-6-5-7-21-14)8-10(15)11(16)18-4;1-12(2,3)18-11(17)14-8-13(7-9(14)10(15)16)19-5-4-6-20-13;1-12-8(11)7-5-9(6-10-7)13-3-2-4-14-9;4-2-1-3-5;1-3-2;1-2-3;;;;/h2-4,6-7,14H,5,8-12H2,1H3;2*2-6,11-12,16H,7-9H2,1H3;10H,5-9H2,1-4H3;9H,4-8H2,1-3H3,(H,15,16);7,10H,2-6H2,1H3;4-5H,1-3H2;3H2,1-2H3;3H,2H2,1H3;2*1H;;1H2/q;;;;;;;;;;;+1;/p-1/t14-;11-,12+;11-,12-;10-;9-;7-;;;;;;;/m010000......./s1. The molecule has 0 unspecified atom stereocenters. The summed E-state index contributed by atoms with van der Waals surface area (Å²) in [5, 5.41) is 39.4. The number of ether oxygens (including phenoxy) is 10. The van der Waals surface area contributed by atoms with E-state index < -0.39 is 102 Å². The Balaban J connectivity index is 0.000000784. The zero-order valence-electron chi connectivity index (χ0n) is 79.4. The average Bonchev–Trinajstić information content (AvgIpc) is 1.63. The summed E-state index contributed by atoms with van der Waals surface area (Å²) in [6.07, 6.45) is 6.04. The summed E-state index contributed by atoms with van der Waals surface area (Å²) in [4.78, 5) is 138. The van der Waals surface area contributed by atoms with E-state index >= 15 is 0 Å². The topological polar surface area (TPSA) is 419 Å². The number of amides is 5. The van der Waals surface area contributed by atoms with Gasteiger partial charge in [0.05, 0.1) is 77.2 Å². The average molecular weight is 2110 g/mol. The minimum atomic E-state index is -0.945. The van der Waals surface area contributed by atoms with Gasteiger partial charge in [0.15, 0.2) is 0 Å². The van der Waals surface area contributed by atoms with Gasteiger partial charge in [-0.25, -0.2) is 47.9 Å². The predicted octanol–water partition coefficient (Wildman–Crippen LogP) is 11.8. The molecular formula is C89H139Cl2LiN6O26S10. The molecule has 0 aliphatic carbocycles. The molecule has 5 amide bonds. The van der Waals surface area contributed by atoms with Crippen LogP contribution in [0.25, 0.3) is 0 Å². The van der Waals surface area contributed by atoms with Gasteiger partial charge in [-0.2, -0.15) is 25.3 Å². The fraction of sp³-hybridized carbons (Fsp3) is 0.674. The van der Waals surface area contributed by atoms with Gasteiger partial charge in [0.2, 0.25) is 0 Å². The predicted molar refractivity (Wildman–Crippen MR) is 541 cm³/mol. The van der Waals surface area contributed by atoms with E-state index in [-0.39, 0.29) is 142 Å². The minimum Gasteiger partial charge on any atom is -0.870 e. The summed E-state index contributed by atoms with van der Waals surface area (Å²) in [5.41, 5.74) is 1.46. The van der Waals surface area contributed by atoms with Gasteiger partial charge in [0.25, 0.3) is 0 Å². The van der Waals surface area contributed by atoms with Crippen LogP contribution in [-0.4, -0.2) is 332 Å². The number of halogens is 2. The Bertz CT molecular complexity index is 3870. The molecule has 10 aliphatic rings. The number of likely N-dealkylation sites (tertiary alicyclic amines) is 5. The summed E-state index contributed by atoms with van der Waals surface area (Å²) in [6, 6.07) is 24.5. The van der Waals surface area contributed by atoms with Crippen molar-refractivity contribution < 1.29 is 145 Å². The second-order valence-corrected chi connectivity index (χ2v) is 46.8. The second-order valence-electron chi connectivity index (χ2n) is 33.0. The summed E-state index contributed by atoms with van der Waals surface area (Å²) in [6.45, 7) is 20.1. The Morgan fingerprint density at radius 3 is 0.948 bits per heavy atom. The van der Waals surface area contributed by atoms with Gasteiger partial charge in [-0.1, -0.05) is 111 Å². The van der Waals surface area contributed by atoms with E-state index in [1.807, 2.05) is 182 Å². The molecule has 45 heteroatoms. The molecule has 0 bridgehead atoms. The first-order valence-electron chi connectivity index (χ1n) is 43.4. The monoisotopic (exact) mass is 2100 g/mol. The van der Waals surface area contributed by atoms with E-state index in [2.05, 4.69) is 53.9 Å². The molecule has 6 N–H and O–H groups in total.